The zero-order chi connectivity index (χ0) is 15.2. The lowest BCUT2D eigenvalue weighted by molar-refractivity contribution is -0.137. The molecule has 0 aliphatic carbocycles. The molecule has 0 saturated heterocycles. The number of hydrogen-bond donors (Lipinski definition) is 2. The molecule has 0 heterocycles. The molecule has 0 fully saturated rings. The fraction of sp³-hybridized carbons (Fsp3) is 0.417. The molecule has 0 atom stereocenters. The number of carbonyl (C=O) groups excluding carboxylic acids is 1. The first kappa shape index (κ1) is 16.4. The Morgan fingerprint density at radius 3 is 2.65 bits per heavy atom. The SMILES string of the molecule is COCCNCC(=O)Nc1cc(C(F)(F)F)ccc1F. The van der Waals surface area contributed by atoms with E-state index in [9.17, 15) is 22.4 Å². The van der Waals surface area contributed by atoms with Crippen molar-refractivity contribution >= 4 is 11.6 Å². The second-order valence-corrected chi connectivity index (χ2v) is 3.91. The average molecular weight is 294 g/mol. The molecular weight excluding hydrogens is 280 g/mol. The summed E-state index contributed by atoms with van der Waals surface area (Å²) < 4.78 is 55.5. The summed E-state index contributed by atoms with van der Waals surface area (Å²) in [5.74, 6) is -1.57. The van der Waals surface area contributed by atoms with Crippen molar-refractivity contribution in [3.8, 4) is 0 Å². The van der Waals surface area contributed by atoms with Crippen LogP contribution in [0.5, 0.6) is 0 Å². The number of ether oxygens (including phenoxy) is 1. The minimum atomic E-state index is -4.59. The van der Waals surface area contributed by atoms with E-state index in [0.29, 0.717) is 31.4 Å². The van der Waals surface area contributed by atoms with Crippen molar-refractivity contribution in [3.63, 3.8) is 0 Å². The largest absolute Gasteiger partial charge is 0.416 e. The predicted octanol–water partition coefficient (Wildman–Crippen LogP) is 2.02. The van der Waals surface area contributed by atoms with Crippen LogP contribution in [-0.4, -0.2) is 32.7 Å². The van der Waals surface area contributed by atoms with Gasteiger partial charge in [-0.15, -0.1) is 0 Å². The molecule has 20 heavy (non-hydrogen) atoms. The highest BCUT2D eigenvalue weighted by atomic mass is 19.4. The van der Waals surface area contributed by atoms with Gasteiger partial charge in [-0.25, -0.2) is 4.39 Å². The molecule has 2 N–H and O–H groups in total. The third-order valence-electron chi connectivity index (χ3n) is 2.34. The van der Waals surface area contributed by atoms with Crippen LogP contribution in [0.3, 0.4) is 0 Å². The number of alkyl halides is 3. The Balaban J connectivity index is 2.65. The van der Waals surface area contributed by atoms with Crippen LogP contribution in [0.2, 0.25) is 0 Å². The fourth-order valence-electron chi connectivity index (χ4n) is 1.37. The van der Waals surface area contributed by atoms with Gasteiger partial charge in [-0.2, -0.15) is 13.2 Å². The minimum absolute atomic E-state index is 0.154. The predicted molar refractivity (Wildman–Crippen MR) is 64.8 cm³/mol. The van der Waals surface area contributed by atoms with Crippen LogP contribution in [0.15, 0.2) is 18.2 Å². The number of methoxy groups -OCH3 is 1. The molecule has 1 amide bonds. The van der Waals surface area contributed by atoms with Gasteiger partial charge in [0.1, 0.15) is 5.82 Å². The molecular formula is C12H14F4N2O2. The van der Waals surface area contributed by atoms with Crippen molar-refractivity contribution in [2.24, 2.45) is 0 Å². The highest BCUT2D eigenvalue weighted by Crippen LogP contribution is 2.31. The lowest BCUT2D eigenvalue weighted by Crippen LogP contribution is -2.30. The van der Waals surface area contributed by atoms with Gasteiger partial charge in [-0.3, -0.25) is 4.79 Å². The summed E-state index contributed by atoms with van der Waals surface area (Å²) in [6.45, 7) is 0.624. The molecule has 1 aromatic carbocycles. The summed E-state index contributed by atoms with van der Waals surface area (Å²) in [6.07, 6.45) is -4.59. The van der Waals surface area contributed by atoms with Gasteiger partial charge in [0, 0.05) is 13.7 Å². The second kappa shape index (κ2) is 7.20. The summed E-state index contributed by atoms with van der Waals surface area (Å²) in [5.41, 5.74) is -1.53. The Kier molecular flexibility index (Phi) is 5.90. The van der Waals surface area contributed by atoms with Crippen molar-refractivity contribution < 1.29 is 27.1 Å². The lowest BCUT2D eigenvalue weighted by atomic mass is 10.2. The molecule has 0 aliphatic rings. The Morgan fingerprint density at radius 1 is 1.35 bits per heavy atom. The molecule has 1 rings (SSSR count). The van der Waals surface area contributed by atoms with E-state index >= 15 is 0 Å². The monoisotopic (exact) mass is 294 g/mol. The first-order valence-electron chi connectivity index (χ1n) is 5.71. The summed E-state index contributed by atoms with van der Waals surface area (Å²) >= 11 is 0. The summed E-state index contributed by atoms with van der Waals surface area (Å²) in [7, 11) is 1.49. The third kappa shape index (κ3) is 5.14. The van der Waals surface area contributed by atoms with Crippen LogP contribution in [0.1, 0.15) is 5.56 Å². The van der Waals surface area contributed by atoms with E-state index in [1.54, 1.807) is 0 Å². The van der Waals surface area contributed by atoms with Crippen LogP contribution in [-0.2, 0) is 15.7 Å². The van der Waals surface area contributed by atoms with E-state index in [1.165, 1.54) is 7.11 Å². The summed E-state index contributed by atoms with van der Waals surface area (Å²) in [6, 6.07) is 1.83. The van der Waals surface area contributed by atoms with Gasteiger partial charge in [0.25, 0.3) is 0 Å². The molecule has 112 valence electrons. The Labute approximate surface area is 113 Å². The van der Waals surface area contributed by atoms with E-state index in [0.717, 1.165) is 0 Å². The van der Waals surface area contributed by atoms with Crippen LogP contribution < -0.4 is 10.6 Å². The van der Waals surface area contributed by atoms with E-state index in [4.69, 9.17) is 4.74 Å². The zero-order valence-electron chi connectivity index (χ0n) is 10.7. The normalized spacial score (nSPS) is 11.4. The van der Waals surface area contributed by atoms with Crippen LogP contribution in [0, 0.1) is 5.82 Å². The first-order valence-corrected chi connectivity index (χ1v) is 5.71. The molecule has 0 aromatic heterocycles. The van der Waals surface area contributed by atoms with Gasteiger partial charge < -0.3 is 15.4 Å². The number of halogens is 4. The van der Waals surface area contributed by atoms with Crippen LogP contribution >= 0.6 is 0 Å². The average Bonchev–Trinajstić information content (AvgIpc) is 2.36. The highest BCUT2D eigenvalue weighted by molar-refractivity contribution is 5.92. The van der Waals surface area contributed by atoms with E-state index in [2.05, 4.69) is 10.6 Å². The van der Waals surface area contributed by atoms with Gasteiger partial charge in [0.05, 0.1) is 24.4 Å². The fourth-order valence-corrected chi connectivity index (χ4v) is 1.37. The molecule has 0 saturated carbocycles. The van der Waals surface area contributed by atoms with Gasteiger partial charge >= 0.3 is 6.18 Å². The number of carbonyl (C=O) groups is 1. The number of benzene rings is 1. The van der Waals surface area contributed by atoms with Crippen molar-refractivity contribution in [3.05, 3.63) is 29.6 Å². The maximum atomic E-state index is 13.3. The van der Waals surface area contributed by atoms with Crippen molar-refractivity contribution in [1.82, 2.24) is 5.32 Å². The van der Waals surface area contributed by atoms with E-state index in [-0.39, 0.29) is 6.54 Å². The molecule has 4 nitrogen and oxygen atoms in total. The third-order valence-corrected chi connectivity index (χ3v) is 2.34. The number of hydrogen-bond acceptors (Lipinski definition) is 3. The molecule has 0 unspecified atom stereocenters. The molecule has 0 aliphatic heterocycles. The Morgan fingerprint density at radius 2 is 2.05 bits per heavy atom. The van der Waals surface area contributed by atoms with Crippen molar-refractivity contribution in [2.75, 3.05) is 32.1 Å². The number of anilines is 1. The smallest absolute Gasteiger partial charge is 0.383 e. The number of amides is 1. The van der Waals surface area contributed by atoms with Gasteiger partial charge in [-0.1, -0.05) is 0 Å². The minimum Gasteiger partial charge on any atom is -0.383 e. The number of rotatable bonds is 6. The number of nitrogens with one attached hydrogen (secondary N) is 2. The maximum Gasteiger partial charge on any atom is 0.416 e. The Hall–Kier alpha value is -1.67. The van der Waals surface area contributed by atoms with Crippen molar-refractivity contribution in [2.45, 2.75) is 6.18 Å². The summed E-state index contributed by atoms with van der Waals surface area (Å²) in [4.78, 5) is 11.4. The Bertz CT molecular complexity index is 463. The van der Waals surface area contributed by atoms with Gasteiger partial charge in [0.15, 0.2) is 0 Å². The standard InChI is InChI=1S/C12H14F4N2O2/c1-20-5-4-17-7-11(19)18-10-6-8(12(14,15)16)2-3-9(10)13/h2-3,6,17H,4-5,7H2,1H3,(H,18,19). The second-order valence-electron chi connectivity index (χ2n) is 3.91. The lowest BCUT2D eigenvalue weighted by Gasteiger charge is -2.11. The van der Waals surface area contributed by atoms with Crippen molar-refractivity contribution in [1.29, 1.82) is 0 Å². The highest BCUT2D eigenvalue weighted by Gasteiger charge is 2.31. The van der Waals surface area contributed by atoms with Crippen LogP contribution in [0.4, 0.5) is 23.2 Å². The zero-order valence-corrected chi connectivity index (χ0v) is 10.7. The molecule has 0 radical (unpaired) electrons. The maximum absolute atomic E-state index is 13.3. The molecule has 0 bridgehead atoms. The quantitative estimate of drug-likeness (QED) is 0.623. The first-order chi connectivity index (χ1) is 9.34. The topological polar surface area (TPSA) is 50.4 Å². The summed E-state index contributed by atoms with van der Waals surface area (Å²) in [5, 5.41) is 4.77. The van der Waals surface area contributed by atoms with Crippen LogP contribution in [0.25, 0.3) is 0 Å². The molecule has 1 aromatic rings. The molecule has 0 spiro atoms. The van der Waals surface area contributed by atoms with E-state index in [1.807, 2.05) is 0 Å². The molecule has 8 heteroatoms. The van der Waals surface area contributed by atoms with E-state index < -0.39 is 29.2 Å². The van der Waals surface area contributed by atoms with Gasteiger partial charge in [-0.05, 0) is 18.2 Å². The van der Waals surface area contributed by atoms with Gasteiger partial charge in [0.2, 0.25) is 5.91 Å².